The second-order valence-electron chi connectivity index (χ2n) is 3.78. The Hall–Kier alpha value is -2.56. The highest BCUT2D eigenvalue weighted by Crippen LogP contribution is 2.29. The highest BCUT2D eigenvalue weighted by molar-refractivity contribution is 5.55. The monoisotopic (exact) mass is 259 g/mol. The Morgan fingerprint density at radius 2 is 1.47 bits per heavy atom. The van der Waals surface area contributed by atoms with E-state index < -0.39 is 0 Å². The Morgan fingerprint density at radius 1 is 0.895 bits per heavy atom. The highest BCUT2D eigenvalue weighted by Gasteiger charge is 2.21. The maximum atomic E-state index is 12.1. The molecule has 0 aromatic heterocycles. The van der Waals surface area contributed by atoms with Gasteiger partial charge in [-0.2, -0.15) is 0 Å². The Morgan fingerprint density at radius 3 is 2.16 bits per heavy atom. The number of ether oxygens (including phenoxy) is 2. The molecule has 0 spiro atoms. The number of para-hydroxylation sites is 4. The van der Waals surface area contributed by atoms with E-state index in [4.69, 9.17) is 9.47 Å². The topological polar surface area (TPSA) is 50.6 Å². The summed E-state index contributed by atoms with van der Waals surface area (Å²) in [6.07, 6.45) is 0. The van der Waals surface area contributed by atoms with Gasteiger partial charge in [-0.05, 0) is 18.2 Å². The Balaban J connectivity index is 2.26. The molecule has 0 atom stereocenters. The van der Waals surface area contributed by atoms with E-state index in [0.717, 1.165) is 0 Å². The van der Waals surface area contributed by atoms with Crippen LogP contribution in [0.25, 0.3) is 0 Å². The molecule has 0 amide bonds. The van der Waals surface area contributed by atoms with Crippen LogP contribution in [0, 0.1) is 4.91 Å². The smallest absolute Gasteiger partial charge is 0.333 e. The predicted molar refractivity (Wildman–Crippen MR) is 72.9 cm³/mol. The van der Waals surface area contributed by atoms with Crippen LogP contribution < -0.4 is 14.9 Å². The molecule has 0 bridgehead atoms. The number of rotatable bonds is 5. The average Bonchev–Trinajstić information content (AvgIpc) is 2.47. The molecule has 0 unspecified atom stereocenters. The number of hydrogen-bond donors (Lipinski definition) is 1. The molecule has 0 aliphatic heterocycles. The maximum Gasteiger partial charge on any atom is 0.333 e. The quantitative estimate of drug-likeness (QED) is 0.662. The molecule has 2 rings (SSSR count). The van der Waals surface area contributed by atoms with E-state index >= 15 is 0 Å². The minimum Gasteiger partial charge on any atom is -0.494 e. The molecular weight excluding hydrogens is 244 g/mol. The van der Waals surface area contributed by atoms with Crippen LogP contribution in [0.3, 0.4) is 0 Å². The predicted octanol–water partition coefficient (Wildman–Crippen LogP) is 3.14. The normalized spacial score (nSPS) is 9.79. The summed E-state index contributed by atoms with van der Waals surface area (Å²) >= 11 is 0. The maximum absolute atomic E-state index is 12.1. The first kappa shape index (κ1) is 12.9. The number of hydrogen-bond acceptors (Lipinski definition) is 3. The van der Waals surface area contributed by atoms with E-state index in [-0.39, 0.29) is 0 Å². The second-order valence-corrected chi connectivity index (χ2v) is 3.78. The zero-order chi connectivity index (χ0) is 13.7. The third kappa shape index (κ3) is 2.82. The second kappa shape index (κ2) is 5.86. The molecule has 0 aliphatic carbocycles. The van der Waals surface area contributed by atoms with E-state index in [0.29, 0.717) is 27.7 Å². The number of nitrogens with zero attached hydrogens (tertiary/aromatic N) is 1. The summed E-state index contributed by atoms with van der Waals surface area (Å²) in [5.41, 5.74) is 3.71. The summed E-state index contributed by atoms with van der Waals surface area (Å²) in [4.78, 5) is 12.8. The van der Waals surface area contributed by atoms with Gasteiger partial charge in [-0.1, -0.05) is 24.3 Å². The van der Waals surface area contributed by atoms with Crippen molar-refractivity contribution in [2.45, 2.75) is 0 Å². The lowest BCUT2D eigenvalue weighted by molar-refractivity contribution is -0.428. The number of nitroso groups, excluding NO2 is 1. The molecule has 0 radical (unpaired) electrons. The van der Waals surface area contributed by atoms with Gasteiger partial charge in [0.05, 0.1) is 19.1 Å². The Bertz CT molecular complexity index is 584. The van der Waals surface area contributed by atoms with Crippen molar-refractivity contribution >= 4 is 11.4 Å². The van der Waals surface area contributed by atoms with E-state index in [1.54, 1.807) is 43.5 Å². The van der Waals surface area contributed by atoms with E-state index in [1.165, 1.54) is 7.11 Å². The van der Waals surface area contributed by atoms with Crippen molar-refractivity contribution in [1.29, 1.82) is 0 Å². The fraction of sp³-hybridized carbons (Fsp3) is 0.143. The third-order valence-electron chi connectivity index (χ3n) is 2.63. The molecule has 0 saturated carbocycles. The largest absolute Gasteiger partial charge is 0.494 e. The van der Waals surface area contributed by atoms with Gasteiger partial charge in [0.1, 0.15) is 11.4 Å². The molecule has 0 heterocycles. The van der Waals surface area contributed by atoms with Gasteiger partial charge in [-0.15, -0.1) is 5.43 Å². The number of hydrazine groups is 1. The van der Waals surface area contributed by atoms with Gasteiger partial charge in [0.25, 0.3) is 0 Å². The first-order chi connectivity index (χ1) is 9.26. The van der Waals surface area contributed by atoms with Crippen molar-refractivity contribution in [3.8, 4) is 11.5 Å². The van der Waals surface area contributed by atoms with Crippen molar-refractivity contribution in [2.24, 2.45) is 0 Å². The van der Waals surface area contributed by atoms with Gasteiger partial charge in [0, 0.05) is 6.07 Å². The molecule has 98 valence electrons. The van der Waals surface area contributed by atoms with Crippen molar-refractivity contribution in [3.05, 3.63) is 53.4 Å². The lowest BCUT2D eigenvalue weighted by Crippen LogP contribution is -2.12. The molecule has 5 nitrogen and oxygen atoms in total. The van der Waals surface area contributed by atoms with Crippen LogP contribution >= 0.6 is 0 Å². The molecule has 0 aliphatic rings. The molecule has 1 N–H and O–H groups in total. The van der Waals surface area contributed by atoms with Crippen LogP contribution in [0.1, 0.15) is 0 Å². The van der Waals surface area contributed by atoms with Crippen LogP contribution in [0.15, 0.2) is 48.5 Å². The summed E-state index contributed by atoms with van der Waals surface area (Å²) in [6, 6.07) is 14.2. The van der Waals surface area contributed by atoms with Crippen LogP contribution in [0.5, 0.6) is 11.5 Å². The van der Waals surface area contributed by atoms with Crippen molar-refractivity contribution in [3.63, 3.8) is 0 Å². The summed E-state index contributed by atoms with van der Waals surface area (Å²) in [6.45, 7) is 0. The lowest BCUT2D eigenvalue weighted by Gasteiger charge is -2.05. The van der Waals surface area contributed by atoms with Gasteiger partial charge >= 0.3 is 5.69 Å². The molecule has 19 heavy (non-hydrogen) atoms. The first-order valence-corrected chi connectivity index (χ1v) is 5.76. The number of anilines is 1. The van der Waals surface area contributed by atoms with Gasteiger partial charge < -0.3 is 9.47 Å². The minimum absolute atomic E-state index is 0.399. The minimum atomic E-state index is 0.399. The summed E-state index contributed by atoms with van der Waals surface area (Å²) in [5.74, 6) is 1.10. The molecule has 5 heteroatoms. The van der Waals surface area contributed by atoms with Gasteiger partial charge in [-0.25, -0.2) is 0 Å². The van der Waals surface area contributed by atoms with E-state index in [2.05, 4.69) is 5.43 Å². The zero-order valence-electron chi connectivity index (χ0n) is 10.8. The van der Waals surface area contributed by atoms with Gasteiger partial charge in [-0.3, -0.25) is 0 Å². The Labute approximate surface area is 111 Å². The van der Waals surface area contributed by atoms with Gasteiger partial charge in [0.15, 0.2) is 10.6 Å². The number of nitrogens with one attached hydrogen (secondary N) is 1. The van der Waals surface area contributed by atoms with Crippen molar-refractivity contribution in [1.82, 2.24) is 0 Å². The zero-order valence-corrected chi connectivity index (χ0v) is 10.8. The molecule has 0 saturated heterocycles. The van der Waals surface area contributed by atoms with E-state index in [1.807, 2.05) is 12.1 Å². The number of benzene rings is 2. The standard InChI is InChI=1S/C14H15N2O3/c1-18-13-9-5-3-7-11(13)15-16(17)12-8-4-6-10-14(12)19-2/h3-10H,1-2H3,(H,15,17)/q+1. The molecule has 2 aromatic carbocycles. The third-order valence-corrected chi connectivity index (χ3v) is 2.63. The lowest BCUT2D eigenvalue weighted by atomic mass is 10.3. The van der Waals surface area contributed by atoms with Gasteiger partial charge in [0.2, 0.25) is 0 Å². The first-order valence-electron chi connectivity index (χ1n) is 5.76. The Kier molecular flexibility index (Phi) is 3.97. The molecular formula is C14H15N2O3+. The summed E-state index contributed by atoms with van der Waals surface area (Å²) in [7, 11) is 3.08. The fourth-order valence-electron chi connectivity index (χ4n) is 1.70. The van der Waals surface area contributed by atoms with Crippen LogP contribution in [0.2, 0.25) is 0 Å². The van der Waals surface area contributed by atoms with E-state index in [9.17, 15) is 4.91 Å². The number of methoxy groups -OCH3 is 2. The van der Waals surface area contributed by atoms with Crippen LogP contribution in [0.4, 0.5) is 11.4 Å². The highest BCUT2D eigenvalue weighted by atomic mass is 16.5. The van der Waals surface area contributed by atoms with Crippen molar-refractivity contribution in [2.75, 3.05) is 19.6 Å². The van der Waals surface area contributed by atoms with Crippen LogP contribution in [-0.2, 0) is 0 Å². The molecule has 0 fully saturated rings. The average molecular weight is 259 g/mol. The van der Waals surface area contributed by atoms with Crippen molar-refractivity contribution < 1.29 is 14.3 Å². The summed E-state index contributed by atoms with van der Waals surface area (Å²) in [5, 5.41) is 0. The molecule has 2 aromatic rings. The fourth-order valence-corrected chi connectivity index (χ4v) is 1.70. The SMILES string of the molecule is COc1ccccc1N[N+](=O)c1ccccc1OC. The summed E-state index contributed by atoms with van der Waals surface area (Å²) < 4.78 is 10.3. The van der Waals surface area contributed by atoms with Crippen LogP contribution in [-0.4, -0.2) is 19.1 Å².